The van der Waals surface area contributed by atoms with Gasteiger partial charge in [0.25, 0.3) is 11.8 Å². The fraction of sp³-hybridized carbons (Fsp3) is 0.263. The molecule has 2 rings (SSSR count). The molecule has 5 heteroatoms. The van der Waals surface area contributed by atoms with Crippen molar-refractivity contribution in [3.8, 4) is 5.75 Å². The van der Waals surface area contributed by atoms with Crippen molar-refractivity contribution in [2.45, 2.75) is 33.3 Å². The molecule has 2 amide bonds. The van der Waals surface area contributed by atoms with Crippen LogP contribution in [-0.4, -0.2) is 17.9 Å². The summed E-state index contributed by atoms with van der Waals surface area (Å²) in [6, 6.07) is 13.9. The van der Waals surface area contributed by atoms with E-state index >= 15 is 0 Å². The summed E-state index contributed by atoms with van der Waals surface area (Å²) in [6.45, 7) is 5.97. The molecule has 0 radical (unpaired) electrons. The van der Waals surface area contributed by atoms with Crippen LogP contribution in [0, 0.1) is 6.92 Å². The van der Waals surface area contributed by atoms with Crippen LogP contribution < -0.4 is 15.6 Å². The molecule has 0 aliphatic rings. The third-order valence-electron chi connectivity index (χ3n) is 3.63. The van der Waals surface area contributed by atoms with Crippen molar-refractivity contribution >= 4 is 11.8 Å². The van der Waals surface area contributed by atoms with Gasteiger partial charge in [-0.1, -0.05) is 24.6 Å². The van der Waals surface area contributed by atoms with E-state index in [0.717, 1.165) is 12.0 Å². The van der Waals surface area contributed by atoms with Gasteiger partial charge < -0.3 is 4.74 Å². The first-order chi connectivity index (χ1) is 11.5. The highest BCUT2D eigenvalue weighted by Crippen LogP contribution is 2.14. The third-order valence-corrected chi connectivity index (χ3v) is 3.63. The number of benzene rings is 2. The number of rotatable bonds is 5. The summed E-state index contributed by atoms with van der Waals surface area (Å²) in [5.41, 5.74) is 6.80. The number of hydrogen-bond donors (Lipinski definition) is 2. The average molecular weight is 326 g/mol. The fourth-order valence-electron chi connectivity index (χ4n) is 1.96. The van der Waals surface area contributed by atoms with Gasteiger partial charge in [-0.2, -0.15) is 0 Å². The van der Waals surface area contributed by atoms with Crippen molar-refractivity contribution in [3.05, 3.63) is 65.2 Å². The number of hydrogen-bond acceptors (Lipinski definition) is 3. The van der Waals surface area contributed by atoms with Crippen LogP contribution in [0.5, 0.6) is 5.75 Å². The van der Waals surface area contributed by atoms with Crippen LogP contribution in [0.2, 0.25) is 0 Å². The Morgan fingerprint density at radius 1 is 0.917 bits per heavy atom. The van der Waals surface area contributed by atoms with E-state index in [1.54, 1.807) is 36.4 Å². The van der Waals surface area contributed by atoms with E-state index in [4.69, 9.17) is 4.74 Å². The van der Waals surface area contributed by atoms with E-state index in [-0.39, 0.29) is 17.9 Å². The summed E-state index contributed by atoms with van der Waals surface area (Å²) in [6.07, 6.45) is 1.03. The Labute approximate surface area is 142 Å². The minimum absolute atomic E-state index is 0.124. The lowest BCUT2D eigenvalue weighted by atomic mass is 10.1. The van der Waals surface area contributed by atoms with Crippen molar-refractivity contribution in [1.29, 1.82) is 0 Å². The highest BCUT2D eigenvalue weighted by molar-refractivity contribution is 5.99. The van der Waals surface area contributed by atoms with Crippen LogP contribution >= 0.6 is 0 Å². The summed E-state index contributed by atoms with van der Waals surface area (Å²) >= 11 is 0. The third kappa shape index (κ3) is 4.84. The first-order valence-electron chi connectivity index (χ1n) is 7.93. The molecule has 0 bridgehead atoms. The van der Waals surface area contributed by atoms with Crippen LogP contribution in [-0.2, 0) is 0 Å². The number of carbonyl (C=O) groups excluding carboxylic acids is 2. The average Bonchev–Trinajstić information content (AvgIpc) is 2.60. The zero-order valence-electron chi connectivity index (χ0n) is 14.1. The normalized spacial score (nSPS) is 11.5. The topological polar surface area (TPSA) is 67.4 Å². The molecule has 2 N–H and O–H groups in total. The standard InChI is InChI=1S/C19H22N2O3/c1-4-14(3)24-17-11-9-16(10-12-17)19(23)21-20-18(22)15-7-5-13(2)6-8-15/h5-12,14H,4H2,1-3H3,(H,20,22)(H,21,23). The van der Waals surface area contributed by atoms with Crippen molar-refractivity contribution in [3.63, 3.8) is 0 Å². The van der Waals surface area contributed by atoms with E-state index in [1.807, 2.05) is 32.9 Å². The first kappa shape index (κ1) is 17.5. The number of carbonyl (C=O) groups is 2. The maximum absolute atomic E-state index is 12.1. The lowest BCUT2D eigenvalue weighted by Crippen LogP contribution is -2.41. The molecule has 0 spiro atoms. The van der Waals surface area contributed by atoms with Crippen LogP contribution in [0.4, 0.5) is 0 Å². The zero-order valence-corrected chi connectivity index (χ0v) is 14.1. The lowest BCUT2D eigenvalue weighted by molar-refractivity contribution is 0.0846. The van der Waals surface area contributed by atoms with Gasteiger partial charge in [0, 0.05) is 11.1 Å². The molecule has 2 aromatic carbocycles. The van der Waals surface area contributed by atoms with Gasteiger partial charge in [0.1, 0.15) is 5.75 Å². The molecule has 0 aromatic heterocycles. The minimum atomic E-state index is -0.384. The predicted molar refractivity (Wildman–Crippen MR) is 92.9 cm³/mol. The summed E-state index contributed by atoms with van der Waals surface area (Å²) in [7, 11) is 0. The van der Waals surface area contributed by atoms with Crippen molar-refractivity contribution < 1.29 is 14.3 Å². The van der Waals surface area contributed by atoms with Crippen molar-refractivity contribution in [1.82, 2.24) is 10.9 Å². The van der Waals surface area contributed by atoms with Gasteiger partial charge in [0.15, 0.2) is 0 Å². The van der Waals surface area contributed by atoms with Gasteiger partial charge in [0.05, 0.1) is 6.10 Å². The molecule has 0 heterocycles. The molecule has 1 atom stereocenters. The first-order valence-corrected chi connectivity index (χ1v) is 7.93. The quantitative estimate of drug-likeness (QED) is 0.829. The Kier molecular flexibility index (Phi) is 5.95. The van der Waals surface area contributed by atoms with E-state index in [2.05, 4.69) is 10.9 Å². The van der Waals surface area contributed by atoms with E-state index in [1.165, 1.54) is 0 Å². The van der Waals surface area contributed by atoms with Crippen LogP contribution in [0.3, 0.4) is 0 Å². The number of aryl methyl sites for hydroxylation is 1. The second-order valence-electron chi connectivity index (χ2n) is 5.64. The summed E-state index contributed by atoms with van der Waals surface area (Å²) in [5, 5.41) is 0. The SMILES string of the molecule is CCC(C)Oc1ccc(C(=O)NNC(=O)c2ccc(C)cc2)cc1. The van der Waals surface area contributed by atoms with Crippen LogP contribution in [0.25, 0.3) is 0 Å². The second kappa shape index (κ2) is 8.15. The van der Waals surface area contributed by atoms with Gasteiger partial charge in [-0.15, -0.1) is 0 Å². The maximum atomic E-state index is 12.1. The Morgan fingerprint density at radius 3 is 1.83 bits per heavy atom. The highest BCUT2D eigenvalue weighted by Gasteiger charge is 2.09. The van der Waals surface area contributed by atoms with Crippen molar-refractivity contribution in [2.75, 3.05) is 0 Å². The Balaban J connectivity index is 1.90. The van der Waals surface area contributed by atoms with Crippen LogP contribution in [0.1, 0.15) is 46.5 Å². The molecule has 0 aliphatic carbocycles. The van der Waals surface area contributed by atoms with E-state index < -0.39 is 0 Å². The van der Waals surface area contributed by atoms with Gasteiger partial charge in [0.2, 0.25) is 0 Å². The highest BCUT2D eigenvalue weighted by atomic mass is 16.5. The number of ether oxygens (including phenoxy) is 1. The molecule has 0 aliphatic heterocycles. The molecule has 2 aromatic rings. The fourth-order valence-corrected chi connectivity index (χ4v) is 1.96. The molecule has 0 fully saturated rings. The maximum Gasteiger partial charge on any atom is 0.269 e. The van der Waals surface area contributed by atoms with Gasteiger partial charge in [-0.05, 0) is 56.7 Å². The van der Waals surface area contributed by atoms with E-state index in [9.17, 15) is 9.59 Å². The summed E-state index contributed by atoms with van der Waals surface area (Å²) in [5.74, 6) is -0.0322. The second-order valence-corrected chi connectivity index (χ2v) is 5.64. The zero-order chi connectivity index (χ0) is 17.5. The molecule has 5 nitrogen and oxygen atoms in total. The van der Waals surface area contributed by atoms with Gasteiger partial charge in [-0.3, -0.25) is 20.4 Å². The Morgan fingerprint density at radius 2 is 1.38 bits per heavy atom. The smallest absolute Gasteiger partial charge is 0.269 e. The molecule has 24 heavy (non-hydrogen) atoms. The largest absolute Gasteiger partial charge is 0.491 e. The number of amides is 2. The molecular formula is C19H22N2O3. The number of hydrazine groups is 1. The van der Waals surface area contributed by atoms with Crippen molar-refractivity contribution in [2.24, 2.45) is 0 Å². The summed E-state index contributed by atoms with van der Waals surface area (Å²) < 4.78 is 5.66. The molecule has 0 saturated heterocycles. The van der Waals surface area contributed by atoms with Gasteiger partial charge in [-0.25, -0.2) is 0 Å². The molecular weight excluding hydrogens is 304 g/mol. The minimum Gasteiger partial charge on any atom is -0.491 e. The summed E-state index contributed by atoms with van der Waals surface area (Å²) in [4.78, 5) is 24.0. The Bertz CT molecular complexity index is 694. The predicted octanol–water partition coefficient (Wildman–Crippen LogP) is 3.25. The molecule has 0 saturated carbocycles. The molecule has 1 unspecified atom stereocenters. The Hall–Kier alpha value is -2.82. The molecule has 126 valence electrons. The van der Waals surface area contributed by atoms with E-state index in [0.29, 0.717) is 16.9 Å². The van der Waals surface area contributed by atoms with Crippen LogP contribution in [0.15, 0.2) is 48.5 Å². The lowest BCUT2D eigenvalue weighted by Gasteiger charge is -2.13. The monoisotopic (exact) mass is 326 g/mol. The van der Waals surface area contributed by atoms with Gasteiger partial charge >= 0.3 is 0 Å². The number of nitrogens with one attached hydrogen (secondary N) is 2.